The van der Waals surface area contributed by atoms with Crippen LogP contribution in [-0.4, -0.2) is 24.4 Å². The predicted octanol–water partition coefficient (Wildman–Crippen LogP) is 1.25. The first-order chi connectivity index (χ1) is 9.59. The number of halogens is 1. The van der Waals surface area contributed by atoms with Crippen molar-refractivity contribution in [2.45, 2.75) is 37.1 Å². The largest absolute Gasteiger partial charge is 0.353 e. The highest BCUT2D eigenvalue weighted by Gasteiger charge is 2.44. The van der Waals surface area contributed by atoms with E-state index < -0.39 is 6.04 Å². The Kier molecular flexibility index (Phi) is 3.20. The monoisotopic (exact) mass is 276 g/mol. The number of rotatable bonds is 4. The number of carbonyl (C=O) groups is 2. The molecule has 0 spiro atoms. The zero-order valence-corrected chi connectivity index (χ0v) is 11.1. The molecule has 4 nitrogen and oxygen atoms in total. The first kappa shape index (κ1) is 13.1. The molecule has 0 aromatic heterocycles. The Bertz CT molecular complexity index is 537. The highest BCUT2D eigenvalue weighted by molar-refractivity contribution is 5.90. The second-order valence-corrected chi connectivity index (χ2v) is 5.66. The standard InChI is InChI=1S/C15H17FN2O2/c16-11-3-1-10(2-4-11)15(7-8-15)9-17-14(20)12-5-6-13(19)18-12/h1-4,12H,5-9H2,(H,17,20)(H,18,19)/t12-/m0/s1. The third kappa shape index (κ3) is 2.53. The summed E-state index contributed by atoms with van der Waals surface area (Å²) >= 11 is 0. The van der Waals surface area contributed by atoms with Crippen molar-refractivity contribution in [2.24, 2.45) is 0 Å². The van der Waals surface area contributed by atoms with Crippen LogP contribution in [0.25, 0.3) is 0 Å². The molecule has 1 aliphatic carbocycles. The van der Waals surface area contributed by atoms with E-state index in [1.165, 1.54) is 12.1 Å². The number of hydrogen-bond donors (Lipinski definition) is 2. The average Bonchev–Trinajstić information content (AvgIpc) is 3.11. The van der Waals surface area contributed by atoms with E-state index in [2.05, 4.69) is 10.6 Å². The summed E-state index contributed by atoms with van der Waals surface area (Å²) in [4.78, 5) is 23.1. The lowest BCUT2D eigenvalue weighted by molar-refractivity contribution is -0.125. The molecule has 2 aliphatic rings. The van der Waals surface area contributed by atoms with Gasteiger partial charge in [-0.25, -0.2) is 4.39 Å². The van der Waals surface area contributed by atoms with Crippen LogP contribution in [0.1, 0.15) is 31.2 Å². The van der Waals surface area contributed by atoms with Crippen LogP contribution in [0.15, 0.2) is 24.3 Å². The molecular weight excluding hydrogens is 259 g/mol. The molecule has 3 rings (SSSR count). The summed E-state index contributed by atoms with van der Waals surface area (Å²) in [5, 5.41) is 5.57. The van der Waals surface area contributed by atoms with Gasteiger partial charge in [0.25, 0.3) is 0 Å². The maximum atomic E-state index is 12.9. The maximum absolute atomic E-state index is 12.9. The first-order valence-corrected chi connectivity index (χ1v) is 6.92. The van der Waals surface area contributed by atoms with Crippen LogP contribution in [0.3, 0.4) is 0 Å². The summed E-state index contributed by atoms with van der Waals surface area (Å²) in [6, 6.07) is 6.08. The number of nitrogens with one attached hydrogen (secondary N) is 2. The van der Waals surface area contributed by atoms with Crippen LogP contribution in [-0.2, 0) is 15.0 Å². The summed E-state index contributed by atoms with van der Waals surface area (Å²) in [6.45, 7) is 0.545. The van der Waals surface area contributed by atoms with Crippen LogP contribution in [0.5, 0.6) is 0 Å². The summed E-state index contributed by atoms with van der Waals surface area (Å²) in [5.41, 5.74) is 1.01. The smallest absolute Gasteiger partial charge is 0.242 e. The molecule has 1 saturated heterocycles. The second-order valence-electron chi connectivity index (χ2n) is 5.66. The maximum Gasteiger partial charge on any atom is 0.242 e. The molecule has 20 heavy (non-hydrogen) atoms. The highest BCUT2D eigenvalue weighted by atomic mass is 19.1. The lowest BCUT2D eigenvalue weighted by atomic mass is 9.96. The molecule has 2 amide bonds. The summed E-state index contributed by atoms with van der Waals surface area (Å²) in [6.07, 6.45) is 2.97. The molecule has 1 aromatic rings. The van der Waals surface area contributed by atoms with E-state index in [0.717, 1.165) is 18.4 Å². The van der Waals surface area contributed by atoms with Crippen molar-refractivity contribution in [1.82, 2.24) is 10.6 Å². The van der Waals surface area contributed by atoms with Gasteiger partial charge in [0, 0.05) is 18.4 Å². The molecule has 1 heterocycles. The van der Waals surface area contributed by atoms with Gasteiger partial charge >= 0.3 is 0 Å². The Labute approximate surface area is 116 Å². The third-order valence-corrected chi connectivity index (χ3v) is 4.22. The lowest BCUT2D eigenvalue weighted by Gasteiger charge is -2.18. The van der Waals surface area contributed by atoms with Crippen LogP contribution >= 0.6 is 0 Å². The quantitative estimate of drug-likeness (QED) is 0.869. The molecule has 0 bridgehead atoms. The molecule has 1 saturated carbocycles. The van der Waals surface area contributed by atoms with Crippen molar-refractivity contribution in [1.29, 1.82) is 0 Å². The van der Waals surface area contributed by atoms with Crippen molar-refractivity contribution in [2.75, 3.05) is 6.54 Å². The van der Waals surface area contributed by atoms with E-state index in [-0.39, 0.29) is 23.0 Å². The third-order valence-electron chi connectivity index (χ3n) is 4.22. The number of hydrogen-bond acceptors (Lipinski definition) is 2. The molecule has 0 radical (unpaired) electrons. The molecule has 2 N–H and O–H groups in total. The number of carbonyl (C=O) groups excluding carboxylic acids is 2. The van der Waals surface area contributed by atoms with Crippen LogP contribution in [0.4, 0.5) is 4.39 Å². The Balaban J connectivity index is 1.59. The SMILES string of the molecule is O=C1CC[C@@H](C(=O)NCC2(c3ccc(F)cc3)CC2)N1. The van der Waals surface area contributed by atoms with Crippen molar-refractivity contribution >= 4 is 11.8 Å². The Morgan fingerprint density at radius 1 is 1.35 bits per heavy atom. The minimum absolute atomic E-state index is 0.0496. The molecule has 1 atom stereocenters. The summed E-state index contributed by atoms with van der Waals surface area (Å²) < 4.78 is 12.9. The highest BCUT2D eigenvalue weighted by Crippen LogP contribution is 2.47. The van der Waals surface area contributed by atoms with Crippen LogP contribution in [0.2, 0.25) is 0 Å². The lowest BCUT2D eigenvalue weighted by Crippen LogP contribution is -2.44. The van der Waals surface area contributed by atoms with E-state index in [0.29, 0.717) is 19.4 Å². The van der Waals surface area contributed by atoms with E-state index in [9.17, 15) is 14.0 Å². The van der Waals surface area contributed by atoms with Gasteiger partial charge in [0.1, 0.15) is 11.9 Å². The molecule has 106 valence electrons. The van der Waals surface area contributed by atoms with E-state index in [4.69, 9.17) is 0 Å². The fourth-order valence-electron chi connectivity index (χ4n) is 2.71. The minimum Gasteiger partial charge on any atom is -0.353 e. The number of benzene rings is 1. The molecular formula is C15H17FN2O2. The summed E-state index contributed by atoms with van der Waals surface area (Å²) in [5.74, 6) is -0.434. The predicted molar refractivity (Wildman–Crippen MR) is 71.5 cm³/mol. The number of amides is 2. The molecule has 1 aromatic carbocycles. The second kappa shape index (κ2) is 4.89. The van der Waals surface area contributed by atoms with E-state index >= 15 is 0 Å². The van der Waals surface area contributed by atoms with Crippen molar-refractivity contribution < 1.29 is 14.0 Å². The van der Waals surface area contributed by atoms with Crippen LogP contribution < -0.4 is 10.6 Å². The van der Waals surface area contributed by atoms with Crippen molar-refractivity contribution in [3.8, 4) is 0 Å². The van der Waals surface area contributed by atoms with E-state index in [1.54, 1.807) is 12.1 Å². The summed E-state index contributed by atoms with van der Waals surface area (Å²) in [7, 11) is 0. The van der Waals surface area contributed by atoms with Gasteiger partial charge in [0.2, 0.25) is 11.8 Å². The van der Waals surface area contributed by atoms with Gasteiger partial charge in [0.05, 0.1) is 0 Å². The Hall–Kier alpha value is -1.91. The van der Waals surface area contributed by atoms with Gasteiger partial charge in [-0.2, -0.15) is 0 Å². The Morgan fingerprint density at radius 3 is 2.60 bits per heavy atom. The normalized spacial score (nSPS) is 23.2. The molecule has 5 heteroatoms. The fraction of sp³-hybridized carbons (Fsp3) is 0.467. The topological polar surface area (TPSA) is 58.2 Å². The van der Waals surface area contributed by atoms with Gasteiger partial charge in [-0.05, 0) is 37.0 Å². The zero-order valence-electron chi connectivity index (χ0n) is 11.1. The van der Waals surface area contributed by atoms with Gasteiger partial charge in [-0.15, -0.1) is 0 Å². The molecule has 0 unspecified atom stereocenters. The van der Waals surface area contributed by atoms with Crippen molar-refractivity contribution in [3.05, 3.63) is 35.6 Å². The minimum atomic E-state index is -0.397. The van der Waals surface area contributed by atoms with Crippen LogP contribution in [0, 0.1) is 5.82 Å². The van der Waals surface area contributed by atoms with Gasteiger partial charge in [-0.3, -0.25) is 9.59 Å². The first-order valence-electron chi connectivity index (χ1n) is 6.92. The molecule has 1 aliphatic heterocycles. The Morgan fingerprint density at radius 2 is 2.05 bits per heavy atom. The van der Waals surface area contributed by atoms with Gasteiger partial charge < -0.3 is 10.6 Å². The average molecular weight is 276 g/mol. The van der Waals surface area contributed by atoms with Crippen molar-refractivity contribution in [3.63, 3.8) is 0 Å². The zero-order chi connectivity index (χ0) is 14.2. The van der Waals surface area contributed by atoms with Gasteiger partial charge in [-0.1, -0.05) is 12.1 Å². The fourth-order valence-corrected chi connectivity index (χ4v) is 2.71. The van der Waals surface area contributed by atoms with Gasteiger partial charge in [0.15, 0.2) is 0 Å². The molecule has 2 fully saturated rings. The van der Waals surface area contributed by atoms with E-state index in [1.807, 2.05) is 0 Å².